The summed E-state index contributed by atoms with van der Waals surface area (Å²) in [5.41, 5.74) is 0.909. The van der Waals surface area contributed by atoms with Crippen molar-refractivity contribution >= 4 is 34.1 Å². The van der Waals surface area contributed by atoms with Crippen LogP contribution >= 0.6 is 23.1 Å². The minimum Gasteiger partial charge on any atom is -0.508 e. The Balaban J connectivity index is 1.49. The number of thiazole rings is 1. The Labute approximate surface area is 172 Å². The number of hydrogen-bond donors (Lipinski definition) is 2. The lowest BCUT2D eigenvalue weighted by Crippen LogP contribution is -2.13. The summed E-state index contributed by atoms with van der Waals surface area (Å²) in [5, 5.41) is 12.8. The van der Waals surface area contributed by atoms with E-state index in [0.29, 0.717) is 16.8 Å². The van der Waals surface area contributed by atoms with Crippen LogP contribution in [0.3, 0.4) is 0 Å². The number of hydrogen-bond acceptors (Lipinski definition) is 7. The first-order chi connectivity index (χ1) is 13.3. The van der Waals surface area contributed by atoms with Gasteiger partial charge in [0.1, 0.15) is 11.5 Å². The number of nitrogens with one attached hydrogen (secondary N) is 1. The second-order valence-electron chi connectivity index (χ2n) is 7.63. The quantitative estimate of drug-likeness (QED) is 0.532. The van der Waals surface area contributed by atoms with Gasteiger partial charge in [0.25, 0.3) is 0 Å². The number of amides is 1. The fourth-order valence-electron chi connectivity index (χ4n) is 2.55. The molecule has 0 radical (unpaired) electrons. The van der Waals surface area contributed by atoms with Crippen LogP contribution in [0.1, 0.15) is 38.0 Å². The van der Waals surface area contributed by atoms with Gasteiger partial charge in [-0.3, -0.25) is 4.79 Å². The Morgan fingerprint density at radius 3 is 2.86 bits per heavy atom. The van der Waals surface area contributed by atoms with Gasteiger partial charge in [0.05, 0.1) is 28.8 Å². The molecule has 0 saturated carbocycles. The Bertz CT molecular complexity index is 944. The number of aromatic nitrogens is 2. The number of carbonyl (C=O) groups is 1. The lowest BCUT2D eigenvalue weighted by atomic mass is 9.91. The molecular formula is C20H23N3O3S2. The molecule has 0 aliphatic heterocycles. The Morgan fingerprint density at radius 1 is 1.29 bits per heavy atom. The number of rotatable bonds is 7. The van der Waals surface area contributed by atoms with Crippen molar-refractivity contribution in [2.45, 2.75) is 43.6 Å². The summed E-state index contributed by atoms with van der Waals surface area (Å²) in [5.74, 6) is 2.18. The molecule has 28 heavy (non-hydrogen) atoms. The number of nitrogens with zero attached hydrogens (tertiary/aromatic N) is 2. The average Bonchev–Trinajstić information content (AvgIpc) is 3.20. The minimum atomic E-state index is -0.170. The highest BCUT2D eigenvalue weighted by molar-refractivity contribution is 8.00. The number of aromatic hydroxyl groups is 1. The molecule has 3 rings (SSSR count). The van der Waals surface area contributed by atoms with E-state index in [1.165, 1.54) is 11.3 Å². The van der Waals surface area contributed by atoms with Gasteiger partial charge in [-0.05, 0) is 23.1 Å². The number of phenolic OH excluding ortho intramolecular Hbond substituents is 1. The summed E-state index contributed by atoms with van der Waals surface area (Å²) < 4.78 is 6.77. The summed E-state index contributed by atoms with van der Waals surface area (Å²) in [4.78, 5) is 20.7. The van der Waals surface area contributed by atoms with Crippen molar-refractivity contribution in [2.24, 2.45) is 5.41 Å². The van der Waals surface area contributed by atoms with Crippen molar-refractivity contribution in [3.8, 4) is 5.75 Å². The Kier molecular flexibility index (Phi) is 6.41. The highest BCUT2D eigenvalue weighted by Crippen LogP contribution is 2.31. The Hall–Kier alpha value is -2.32. The standard InChI is InChI=1S/C20H23N3O3S2/c1-20(2,3)9-15-10-21-17(26-15)12-27-18-11-22-19(28-18)23-16(25)8-13-5-4-6-14(24)7-13/h4-7,10-11,24H,8-9,12H2,1-3H3,(H,22,23,25). The fraction of sp³-hybridized carbons (Fsp3) is 0.350. The van der Waals surface area contributed by atoms with E-state index in [2.05, 4.69) is 36.1 Å². The summed E-state index contributed by atoms with van der Waals surface area (Å²) in [6, 6.07) is 6.66. The van der Waals surface area contributed by atoms with E-state index in [1.54, 1.807) is 48.4 Å². The summed E-state index contributed by atoms with van der Waals surface area (Å²) in [6.07, 6.45) is 4.56. The van der Waals surface area contributed by atoms with Crippen molar-refractivity contribution in [1.82, 2.24) is 9.97 Å². The topological polar surface area (TPSA) is 88.2 Å². The molecule has 0 bridgehead atoms. The summed E-state index contributed by atoms with van der Waals surface area (Å²) in [7, 11) is 0. The number of benzene rings is 1. The van der Waals surface area contributed by atoms with Crippen LogP contribution in [0, 0.1) is 5.41 Å². The van der Waals surface area contributed by atoms with Crippen molar-refractivity contribution in [2.75, 3.05) is 5.32 Å². The van der Waals surface area contributed by atoms with E-state index in [9.17, 15) is 9.90 Å². The number of carbonyl (C=O) groups excluding carboxylic acids is 1. The van der Waals surface area contributed by atoms with Crippen molar-refractivity contribution in [1.29, 1.82) is 0 Å². The molecule has 148 valence electrons. The lowest BCUT2D eigenvalue weighted by molar-refractivity contribution is -0.115. The van der Waals surface area contributed by atoms with E-state index in [1.807, 2.05) is 0 Å². The van der Waals surface area contributed by atoms with Gasteiger partial charge in [-0.2, -0.15) is 0 Å². The molecule has 0 fully saturated rings. The summed E-state index contributed by atoms with van der Waals surface area (Å²) >= 11 is 2.99. The Morgan fingerprint density at radius 2 is 2.11 bits per heavy atom. The zero-order valence-electron chi connectivity index (χ0n) is 16.1. The molecule has 0 spiro atoms. The van der Waals surface area contributed by atoms with Gasteiger partial charge in [-0.25, -0.2) is 9.97 Å². The van der Waals surface area contributed by atoms with E-state index >= 15 is 0 Å². The molecule has 0 aliphatic rings. The van der Waals surface area contributed by atoms with Crippen LogP contribution in [-0.2, 0) is 23.4 Å². The van der Waals surface area contributed by atoms with Crippen molar-refractivity contribution in [3.05, 3.63) is 53.9 Å². The number of phenols is 1. The van der Waals surface area contributed by atoms with Crippen LogP contribution in [0.15, 0.2) is 45.3 Å². The molecule has 2 aromatic heterocycles. The predicted molar refractivity (Wildman–Crippen MR) is 112 cm³/mol. The van der Waals surface area contributed by atoms with Crippen molar-refractivity contribution < 1.29 is 14.3 Å². The highest BCUT2D eigenvalue weighted by atomic mass is 32.2. The van der Waals surface area contributed by atoms with Crippen molar-refractivity contribution in [3.63, 3.8) is 0 Å². The molecule has 1 amide bonds. The van der Waals surface area contributed by atoms with E-state index in [4.69, 9.17) is 4.42 Å². The van der Waals surface area contributed by atoms with Gasteiger partial charge in [0, 0.05) is 6.42 Å². The van der Waals surface area contributed by atoms with E-state index < -0.39 is 0 Å². The zero-order valence-corrected chi connectivity index (χ0v) is 17.7. The number of oxazole rings is 1. The molecule has 0 unspecified atom stereocenters. The number of anilines is 1. The SMILES string of the molecule is CC(C)(C)Cc1cnc(CSc2cnc(NC(=O)Cc3cccc(O)c3)s2)o1. The molecule has 3 aromatic rings. The molecule has 0 atom stereocenters. The van der Waals surface area contributed by atoms with Crippen LogP contribution in [0.5, 0.6) is 5.75 Å². The van der Waals surface area contributed by atoms with E-state index in [0.717, 1.165) is 22.0 Å². The monoisotopic (exact) mass is 417 g/mol. The molecule has 8 heteroatoms. The molecule has 0 saturated heterocycles. The van der Waals surface area contributed by atoms with Gasteiger partial charge >= 0.3 is 0 Å². The molecular weight excluding hydrogens is 394 g/mol. The molecule has 2 heterocycles. The largest absolute Gasteiger partial charge is 0.508 e. The highest BCUT2D eigenvalue weighted by Gasteiger charge is 2.15. The molecule has 1 aromatic carbocycles. The minimum absolute atomic E-state index is 0.149. The molecule has 6 nitrogen and oxygen atoms in total. The second kappa shape index (κ2) is 8.79. The lowest BCUT2D eigenvalue weighted by Gasteiger charge is -2.15. The maximum atomic E-state index is 12.1. The predicted octanol–water partition coefficient (Wildman–Crippen LogP) is 4.90. The normalized spacial score (nSPS) is 11.5. The van der Waals surface area contributed by atoms with Crippen LogP contribution in [0.2, 0.25) is 0 Å². The third-order valence-corrected chi connectivity index (χ3v) is 5.74. The van der Waals surface area contributed by atoms with E-state index in [-0.39, 0.29) is 23.5 Å². The molecule has 0 aliphatic carbocycles. The first-order valence-corrected chi connectivity index (χ1v) is 10.7. The van der Waals surface area contributed by atoms with Gasteiger partial charge in [-0.1, -0.05) is 44.2 Å². The zero-order chi connectivity index (χ0) is 20.1. The van der Waals surface area contributed by atoms with Crippen LogP contribution in [-0.4, -0.2) is 21.0 Å². The van der Waals surface area contributed by atoms with Gasteiger partial charge in [0.2, 0.25) is 11.8 Å². The third-order valence-electron chi connectivity index (χ3n) is 3.65. The average molecular weight is 418 g/mol. The fourth-order valence-corrected chi connectivity index (χ4v) is 4.29. The first-order valence-electron chi connectivity index (χ1n) is 8.87. The first kappa shape index (κ1) is 20.4. The molecule has 2 N–H and O–H groups in total. The van der Waals surface area contributed by atoms with Gasteiger partial charge in [-0.15, -0.1) is 11.8 Å². The third kappa shape index (κ3) is 6.38. The van der Waals surface area contributed by atoms with Gasteiger partial charge < -0.3 is 14.8 Å². The second-order valence-corrected chi connectivity index (χ2v) is 9.93. The van der Waals surface area contributed by atoms with Gasteiger partial charge in [0.15, 0.2) is 5.13 Å². The van der Waals surface area contributed by atoms with Crippen LogP contribution in [0.4, 0.5) is 5.13 Å². The maximum Gasteiger partial charge on any atom is 0.230 e. The van der Waals surface area contributed by atoms with Crippen LogP contribution < -0.4 is 5.32 Å². The van der Waals surface area contributed by atoms with Crippen LogP contribution in [0.25, 0.3) is 0 Å². The smallest absolute Gasteiger partial charge is 0.230 e. The number of thioether (sulfide) groups is 1. The summed E-state index contributed by atoms with van der Waals surface area (Å²) in [6.45, 7) is 6.49. The maximum absolute atomic E-state index is 12.1.